The molecule has 1 N–H and O–H groups in total. The number of piperidine rings is 1. The molecule has 0 aromatic heterocycles. The van der Waals surface area contributed by atoms with Crippen LogP contribution in [0, 0.1) is 5.41 Å². The molecule has 15 heavy (non-hydrogen) atoms. The van der Waals surface area contributed by atoms with Gasteiger partial charge >= 0.3 is 0 Å². The van der Waals surface area contributed by atoms with Gasteiger partial charge < -0.3 is 10.2 Å². The normalized spacial score (nSPS) is 26.8. The van der Waals surface area contributed by atoms with Crippen molar-refractivity contribution in [2.45, 2.75) is 26.2 Å². The number of rotatable bonds is 4. The molecule has 2 fully saturated rings. The highest BCUT2D eigenvalue weighted by molar-refractivity contribution is 4.97. The third-order valence-electron chi connectivity index (χ3n) is 3.96. The smallest absolute Gasteiger partial charge is 0.0478 e. The van der Waals surface area contributed by atoms with Crippen molar-refractivity contribution in [1.82, 2.24) is 15.1 Å². The molecule has 0 aromatic rings. The summed E-state index contributed by atoms with van der Waals surface area (Å²) in [6, 6.07) is 0. The molecule has 0 radical (unpaired) electrons. The van der Waals surface area contributed by atoms with Crippen molar-refractivity contribution in [2.24, 2.45) is 5.41 Å². The lowest BCUT2D eigenvalue weighted by molar-refractivity contribution is -0.0488. The van der Waals surface area contributed by atoms with Gasteiger partial charge in [-0.15, -0.1) is 0 Å². The van der Waals surface area contributed by atoms with Gasteiger partial charge in [0.2, 0.25) is 0 Å². The Labute approximate surface area is 93.8 Å². The topological polar surface area (TPSA) is 18.5 Å². The molecule has 2 heterocycles. The average Bonchev–Trinajstić information content (AvgIpc) is 2.19. The first-order valence-corrected chi connectivity index (χ1v) is 6.37. The number of hydrogen-bond donors (Lipinski definition) is 1. The number of likely N-dealkylation sites (tertiary alicyclic amines) is 2. The van der Waals surface area contributed by atoms with Crippen molar-refractivity contribution in [1.29, 1.82) is 0 Å². The van der Waals surface area contributed by atoms with E-state index in [1.807, 2.05) is 7.05 Å². The van der Waals surface area contributed by atoms with Crippen molar-refractivity contribution in [3.63, 3.8) is 0 Å². The molecule has 1 spiro atoms. The van der Waals surface area contributed by atoms with Crippen LogP contribution in [0.1, 0.15) is 26.2 Å². The zero-order valence-corrected chi connectivity index (χ0v) is 10.3. The van der Waals surface area contributed by atoms with E-state index < -0.39 is 0 Å². The van der Waals surface area contributed by atoms with Crippen LogP contribution in [0.2, 0.25) is 0 Å². The second kappa shape index (κ2) is 4.81. The van der Waals surface area contributed by atoms with E-state index in [-0.39, 0.29) is 0 Å². The predicted octanol–water partition coefficient (Wildman–Crippen LogP) is 0.971. The van der Waals surface area contributed by atoms with Gasteiger partial charge in [0.15, 0.2) is 0 Å². The molecular formula is C12H25N3. The van der Waals surface area contributed by atoms with Crippen molar-refractivity contribution < 1.29 is 0 Å². The standard InChI is InChI=1S/C12H25N3/c1-3-6-14-7-4-12(5-8-14)9-15(10-12)11-13-2/h13H,3-11H2,1-2H3. The van der Waals surface area contributed by atoms with E-state index in [0.29, 0.717) is 5.41 Å². The first-order chi connectivity index (χ1) is 7.28. The molecule has 88 valence electrons. The molecule has 0 unspecified atom stereocenters. The van der Waals surface area contributed by atoms with Crippen LogP contribution < -0.4 is 5.32 Å². The van der Waals surface area contributed by atoms with Crippen LogP contribution in [-0.4, -0.2) is 56.2 Å². The highest BCUT2D eigenvalue weighted by atomic mass is 15.3. The third-order valence-corrected chi connectivity index (χ3v) is 3.96. The Balaban J connectivity index is 1.70. The lowest BCUT2D eigenvalue weighted by Gasteiger charge is -2.54. The van der Waals surface area contributed by atoms with E-state index in [1.165, 1.54) is 52.0 Å². The monoisotopic (exact) mass is 211 g/mol. The predicted molar refractivity (Wildman–Crippen MR) is 63.9 cm³/mol. The lowest BCUT2D eigenvalue weighted by Crippen LogP contribution is -2.61. The minimum atomic E-state index is 0.696. The second-order valence-corrected chi connectivity index (χ2v) is 5.34. The largest absolute Gasteiger partial charge is 0.307 e. The summed E-state index contributed by atoms with van der Waals surface area (Å²) in [6.07, 6.45) is 4.15. The molecular weight excluding hydrogens is 186 g/mol. The van der Waals surface area contributed by atoms with Crippen LogP contribution in [0.15, 0.2) is 0 Å². The zero-order chi connectivity index (χ0) is 10.7. The Bertz CT molecular complexity index is 189. The molecule has 3 heteroatoms. The number of nitrogens with one attached hydrogen (secondary N) is 1. The highest BCUT2D eigenvalue weighted by Gasteiger charge is 2.43. The molecule has 2 aliphatic rings. The average molecular weight is 211 g/mol. The van der Waals surface area contributed by atoms with Crippen molar-refractivity contribution in [3.05, 3.63) is 0 Å². The van der Waals surface area contributed by atoms with Gasteiger partial charge in [-0.3, -0.25) is 4.90 Å². The fourth-order valence-corrected chi connectivity index (χ4v) is 3.12. The first-order valence-electron chi connectivity index (χ1n) is 6.37. The quantitative estimate of drug-likeness (QED) is 0.747. The van der Waals surface area contributed by atoms with Gasteiger partial charge in [0, 0.05) is 19.8 Å². The van der Waals surface area contributed by atoms with Crippen LogP contribution in [-0.2, 0) is 0 Å². The maximum Gasteiger partial charge on any atom is 0.0478 e. The van der Waals surface area contributed by atoms with Gasteiger partial charge in [0.05, 0.1) is 0 Å². The van der Waals surface area contributed by atoms with Gasteiger partial charge in [-0.2, -0.15) is 0 Å². The number of nitrogens with zero attached hydrogens (tertiary/aromatic N) is 2. The van der Waals surface area contributed by atoms with Crippen LogP contribution in [0.5, 0.6) is 0 Å². The van der Waals surface area contributed by atoms with E-state index in [0.717, 1.165) is 6.67 Å². The minimum Gasteiger partial charge on any atom is -0.307 e. The summed E-state index contributed by atoms with van der Waals surface area (Å²) in [7, 11) is 2.04. The second-order valence-electron chi connectivity index (χ2n) is 5.34. The molecule has 0 aliphatic carbocycles. The molecule has 3 nitrogen and oxygen atoms in total. The van der Waals surface area contributed by atoms with E-state index in [1.54, 1.807) is 0 Å². The summed E-state index contributed by atoms with van der Waals surface area (Å²) in [4.78, 5) is 5.15. The van der Waals surface area contributed by atoms with Crippen molar-refractivity contribution >= 4 is 0 Å². The summed E-state index contributed by atoms with van der Waals surface area (Å²) in [5.74, 6) is 0. The molecule has 2 saturated heterocycles. The Kier molecular flexibility index (Phi) is 3.65. The highest BCUT2D eigenvalue weighted by Crippen LogP contribution is 2.39. The number of hydrogen-bond acceptors (Lipinski definition) is 3. The molecule has 0 atom stereocenters. The molecule has 0 saturated carbocycles. The van der Waals surface area contributed by atoms with Gasteiger partial charge in [0.25, 0.3) is 0 Å². The summed E-state index contributed by atoms with van der Waals surface area (Å²) in [5.41, 5.74) is 0.696. The van der Waals surface area contributed by atoms with Gasteiger partial charge in [-0.05, 0) is 51.4 Å². The lowest BCUT2D eigenvalue weighted by atomic mass is 9.72. The molecule has 0 bridgehead atoms. The Morgan fingerprint density at radius 3 is 2.33 bits per heavy atom. The Hall–Kier alpha value is -0.120. The van der Waals surface area contributed by atoms with Gasteiger partial charge in [-0.1, -0.05) is 6.92 Å². The summed E-state index contributed by atoms with van der Waals surface area (Å²) < 4.78 is 0. The van der Waals surface area contributed by atoms with Crippen LogP contribution in [0.25, 0.3) is 0 Å². The maximum atomic E-state index is 3.24. The minimum absolute atomic E-state index is 0.696. The van der Waals surface area contributed by atoms with Crippen molar-refractivity contribution in [3.8, 4) is 0 Å². The van der Waals surface area contributed by atoms with E-state index in [4.69, 9.17) is 0 Å². The Morgan fingerprint density at radius 1 is 1.13 bits per heavy atom. The Morgan fingerprint density at radius 2 is 1.80 bits per heavy atom. The van der Waals surface area contributed by atoms with Crippen molar-refractivity contribution in [2.75, 3.05) is 46.4 Å². The van der Waals surface area contributed by atoms with Crippen LogP contribution >= 0.6 is 0 Å². The first kappa shape index (κ1) is 11.4. The van der Waals surface area contributed by atoms with E-state index >= 15 is 0 Å². The molecule has 2 aliphatic heterocycles. The van der Waals surface area contributed by atoms with Gasteiger partial charge in [0.1, 0.15) is 0 Å². The summed E-state index contributed by atoms with van der Waals surface area (Å²) in [5, 5.41) is 3.24. The van der Waals surface area contributed by atoms with Crippen LogP contribution in [0.4, 0.5) is 0 Å². The molecule has 0 aromatic carbocycles. The van der Waals surface area contributed by atoms with E-state index in [9.17, 15) is 0 Å². The maximum absolute atomic E-state index is 3.24. The third kappa shape index (κ3) is 2.52. The van der Waals surface area contributed by atoms with E-state index in [2.05, 4.69) is 22.0 Å². The zero-order valence-electron chi connectivity index (χ0n) is 10.3. The van der Waals surface area contributed by atoms with Gasteiger partial charge in [-0.25, -0.2) is 0 Å². The SMILES string of the molecule is CCCN1CCC2(CC1)CN(CNC)C2. The fourth-order valence-electron chi connectivity index (χ4n) is 3.12. The summed E-state index contributed by atoms with van der Waals surface area (Å²) in [6.45, 7) is 9.98. The summed E-state index contributed by atoms with van der Waals surface area (Å²) >= 11 is 0. The molecule has 2 rings (SSSR count). The fraction of sp³-hybridized carbons (Fsp3) is 1.00. The van der Waals surface area contributed by atoms with Crippen LogP contribution in [0.3, 0.4) is 0 Å². The molecule has 0 amide bonds.